The Labute approximate surface area is 180 Å². The van der Waals surface area contributed by atoms with Crippen molar-refractivity contribution in [1.29, 1.82) is 0 Å². The van der Waals surface area contributed by atoms with Crippen molar-refractivity contribution >= 4 is 11.6 Å². The molecule has 3 aromatic rings. The largest absolute Gasteiger partial charge is 0.454 e. The molecule has 0 spiro atoms. The van der Waals surface area contributed by atoms with Crippen LogP contribution < -0.4 is 20.3 Å². The molecule has 0 unspecified atom stereocenters. The van der Waals surface area contributed by atoms with Crippen molar-refractivity contribution in [3.63, 3.8) is 0 Å². The Kier molecular flexibility index (Phi) is 5.15. The fourth-order valence-electron chi connectivity index (χ4n) is 3.17. The summed E-state index contributed by atoms with van der Waals surface area (Å²) in [6, 6.07) is 12.2. The van der Waals surface area contributed by atoms with E-state index in [4.69, 9.17) is 9.47 Å². The van der Waals surface area contributed by atoms with Gasteiger partial charge in [-0.05, 0) is 56.3 Å². The highest BCUT2D eigenvalue weighted by atomic mass is 19.4. The highest BCUT2D eigenvalue weighted by Gasteiger charge is 2.34. The maximum absolute atomic E-state index is 13.0. The lowest BCUT2D eigenvalue weighted by Crippen LogP contribution is -2.47. The molecule has 0 atom stereocenters. The van der Waals surface area contributed by atoms with Crippen molar-refractivity contribution in [2.24, 2.45) is 0 Å². The summed E-state index contributed by atoms with van der Waals surface area (Å²) in [5.41, 5.74) is -1.94. The van der Waals surface area contributed by atoms with Gasteiger partial charge in [-0.2, -0.15) is 18.3 Å². The van der Waals surface area contributed by atoms with Crippen LogP contribution >= 0.6 is 0 Å². The summed E-state index contributed by atoms with van der Waals surface area (Å²) in [6.07, 6.45) is -4.55. The normalized spacial score (nSPS) is 13.2. The van der Waals surface area contributed by atoms with Crippen molar-refractivity contribution in [2.45, 2.75) is 25.6 Å². The Balaban J connectivity index is 1.64. The molecule has 32 heavy (non-hydrogen) atoms. The highest BCUT2D eigenvalue weighted by molar-refractivity contribution is 5.96. The van der Waals surface area contributed by atoms with Crippen molar-refractivity contribution < 1.29 is 27.4 Å². The number of ether oxygens (including phenoxy) is 2. The topological polar surface area (TPSA) is 82.5 Å². The minimum absolute atomic E-state index is 0.0436. The molecule has 166 valence electrons. The van der Waals surface area contributed by atoms with E-state index in [0.29, 0.717) is 22.8 Å². The van der Waals surface area contributed by atoms with Gasteiger partial charge in [0.25, 0.3) is 11.5 Å². The molecule has 1 N–H and O–H groups in total. The number of anilines is 1. The number of hydrogen-bond donors (Lipinski definition) is 1. The number of nitrogens with one attached hydrogen (secondary N) is 1. The second-order valence-corrected chi connectivity index (χ2v) is 7.63. The summed E-state index contributed by atoms with van der Waals surface area (Å²) in [4.78, 5) is 25.4. The standard InChI is InChI=1S/C22H18F3N3O4/c1-21(2,20(30)26-15-5-3-4-14(11-15)22(23,24)25)28-19(29)9-7-16(27-28)13-6-8-17-18(10-13)32-12-31-17/h3-11H,12H2,1-2H3,(H,26,30). The molecule has 2 aromatic carbocycles. The number of carbonyl (C=O) groups excluding carboxylic acids is 1. The average Bonchev–Trinajstić information content (AvgIpc) is 3.21. The van der Waals surface area contributed by atoms with Gasteiger partial charge in [-0.15, -0.1) is 0 Å². The molecule has 1 aliphatic rings. The number of aromatic nitrogens is 2. The van der Waals surface area contributed by atoms with Crippen LogP contribution in [-0.4, -0.2) is 22.5 Å². The van der Waals surface area contributed by atoms with Crippen molar-refractivity contribution in [3.05, 3.63) is 70.5 Å². The van der Waals surface area contributed by atoms with E-state index in [0.717, 1.165) is 16.8 Å². The Hall–Kier alpha value is -3.82. The first-order chi connectivity index (χ1) is 15.1. The van der Waals surface area contributed by atoms with Gasteiger partial charge in [-0.1, -0.05) is 6.07 Å². The van der Waals surface area contributed by atoms with E-state index in [-0.39, 0.29) is 12.5 Å². The number of amides is 1. The predicted molar refractivity (Wildman–Crippen MR) is 109 cm³/mol. The molecule has 10 heteroatoms. The average molecular weight is 445 g/mol. The molecule has 2 heterocycles. The van der Waals surface area contributed by atoms with Crippen LogP contribution in [0.3, 0.4) is 0 Å². The summed E-state index contributed by atoms with van der Waals surface area (Å²) >= 11 is 0. The van der Waals surface area contributed by atoms with Gasteiger partial charge in [0.2, 0.25) is 6.79 Å². The second-order valence-electron chi connectivity index (χ2n) is 7.63. The van der Waals surface area contributed by atoms with Crippen LogP contribution in [-0.2, 0) is 16.5 Å². The zero-order valence-corrected chi connectivity index (χ0v) is 17.1. The Morgan fingerprint density at radius 1 is 1.03 bits per heavy atom. The van der Waals surface area contributed by atoms with Crippen LogP contribution in [0.15, 0.2) is 59.4 Å². The van der Waals surface area contributed by atoms with Gasteiger partial charge in [-0.3, -0.25) is 9.59 Å². The lowest BCUT2D eigenvalue weighted by Gasteiger charge is -2.25. The fourth-order valence-corrected chi connectivity index (χ4v) is 3.17. The first-order valence-electron chi connectivity index (χ1n) is 9.55. The van der Waals surface area contributed by atoms with Crippen LogP contribution in [0.2, 0.25) is 0 Å². The molecule has 0 saturated heterocycles. The number of hydrogen-bond acceptors (Lipinski definition) is 5. The van der Waals surface area contributed by atoms with Crippen molar-refractivity contribution in [3.8, 4) is 22.8 Å². The van der Waals surface area contributed by atoms with E-state index in [1.165, 1.54) is 38.1 Å². The van der Waals surface area contributed by atoms with Crippen LogP contribution in [0.4, 0.5) is 18.9 Å². The molecule has 4 rings (SSSR count). The molecule has 1 aromatic heterocycles. The quantitative estimate of drug-likeness (QED) is 0.656. The van der Waals surface area contributed by atoms with E-state index in [9.17, 15) is 22.8 Å². The third kappa shape index (κ3) is 4.03. The maximum Gasteiger partial charge on any atom is 0.416 e. The van der Waals surface area contributed by atoms with Crippen LogP contribution in [0.25, 0.3) is 11.3 Å². The van der Waals surface area contributed by atoms with E-state index >= 15 is 0 Å². The van der Waals surface area contributed by atoms with Gasteiger partial charge in [0.05, 0.1) is 11.3 Å². The lowest BCUT2D eigenvalue weighted by atomic mass is 10.0. The first-order valence-corrected chi connectivity index (χ1v) is 9.55. The molecule has 1 amide bonds. The van der Waals surface area contributed by atoms with Gasteiger partial charge < -0.3 is 14.8 Å². The van der Waals surface area contributed by atoms with E-state index in [1.54, 1.807) is 18.2 Å². The van der Waals surface area contributed by atoms with Crippen LogP contribution in [0, 0.1) is 0 Å². The summed E-state index contributed by atoms with van der Waals surface area (Å²) in [6.45, 7) is 3.01. The summed E-state index contributed by atoms with van der Waals surface area (Å²) in [7, 11) is 0. The minimum atomic E-state index is -4.55. The van der Waals surface area contributed by atoms with Gasteiger partial charge >= 0.3 is 6.18 Å². The summed E-state index contributed by atoms with van der Waals surface area (Å²) < 4.78 is 50.5. The molecule has 0 bridgehead atoms. The molecule has 7 nitrogen and oxygen atoms in total. The van der Waals surface area contributed by atoms with E-state index in [2.05, 4.69) is 10.4 Å². The number of rotatable bonds is 4. The van der Waals surface area contributed by atoms with Gasteiger partial charge in [0, 0.05) is 17.3 Å². The molecule has 0 aliphatic carbocycles. The summed E-state index contributed by atoms with van der Waals surface area (Å²) in [5, 5.41) is 6.76. The number of benzene rings is 2. The Morgan fingerprint density at radius 2 is 1.78 bits per heavy atom. The number of halogens is 3. The van der Waals surface area contributed by atoms with Crippen molar-refractivity contribution in [2.75, 3.05) is 12.1 Å². The highest BCUT2D eigenvalue weighted by Crippen LogP contribution is 2.35. The Bertz CT molecular complexity index is 1250. The zero-order chi connectivity index (χ0) is 23.1. The molecule has 0 radical (unpaired) electrons. The molecular weight excluding hydrogens is 427 g/mol. The number of alkyl halides is 3. The monoisotopic (exact) mass is 445 g/mol. The zero-order valence-electron chi connectivity index (χ0n) is 17.1. The molecular formula is C22H18F3N3O4. The Morgan fingerprint density at radius 3 is 2.53 bits per heavy atom. The lowest BCUT2D eigenvalue weighted by molar-refractivity contribution is -0.137. The smallest absolute Gasteiger partial charge is 0.416 e. The first kappa shape index (κ1) is 21.4. The third-order valence-electron chi connectivity index (χ3n) is 5.00. The number of nitrogens with zero attached hydrogens (tertiary/aromatic N) is 2. The number of fused-ring (bicyclic) bond motifs is 1. The molecule has 0 saturated carbocycles. The van der Waals surface area contributed by atoms with Crippen molar-refractivity contribution in [1.82, 2.24) is 9.78 Å². The van der Waals surface area contributed by atoms with Gasteiger partial charge in [-0.25, -0.2) is 4.68 Å². The molecule has 0 fully saturated rings. The van der Waals surface area contributed by atoms with Crippen LogP contribution in [0.1, 0.15) is 19.4 Å². The fraction of sp³-hybridized carbons (Fsp3) is 0.227. The van der Waals surface area contributed by atoms with Gasteiger partial charge in [0.15, 0.2) is 11.5 Å². The second kappa shape index (κ2) is 7.70. The van der Waals surface area contributed by atoms with E-state index < -0.39 is 28.7 Å². The van der Waals surface area contributed by atoms with E-state index in [1.807, 2.05) is 0 Å². The minimum Gasteiger partial charge on any atom is -0.454 e. The van der Waals surface area contributed by atoms with Gasteiger partial charge in [0.1, 0.15) is 5.54 Å². The maximum atomic E-state index is 13.0. The summed E-state index contributed by atoms with van der Waals surface area (Å²) in [5.74, 6) is 0.417. The number of carbonyl (C=O) groups is 1. The molecule has 1 aliphatic heterocycles. The van der Waals surface area contributed by atoms with Crippen LogP contribution in [0.5, 0.6) is 11.5 Å². The predicted octanol–water partition coefficient (Wildman–Crippen LogP) is 4.03. The third-order valence-corrected chi connectivity index (χ3v) is 5.00. The SMILES string of the molecule is CC(C)(C(=O)Nc1cccc(C(F)(F)F)c1)n1nc(-c2ccc3c(c2)OCO3)ccc1=O.